The summed E-state index contributed by atoms with van der Waals surface area (Å²) in [6, 6.07) is 15.8. The maximum absolute atomic E-state index is 13.4. The van der Waals surface area contributed by atoms with Gasteiger partial charge in [-0.2, -0.15) is 0 Å². The molecule has 3 aromatic rings. The van der Waals surface area contributed by atoms with E-state index in [1.807, 2.05) is 0 Å². The lowest BCUT2D eigenvalue weighted by molar-refractivity contribution is -0.124. The molecule has 0 saturated carbocycles. The second-order valence-electron chi connectivity index (χ2n) is 7.19. The quantitative estimate of drug-likeness (QED) is 0.462. The van der Waals surface area contributed by atoms with Crippen LogP contribution in [0, 0.1) is 0 Å². The molecule has 174 valence electrons. The normalized spacial score (nSPS) is 15.4. The van der Waals surface area contributed by atoms with Gasteiger partial charge < -0.3 is 10.1 Å². The summed E-state index contributed by atoms with van der Waals surface area (Å²) in [5.74, 6) is -0.727. The third-order valence-electron chi connectivity index (χ3n) is 5.04. The van der Waals surface area contributed by atoms with E-state index in [0.717, 1.165) is 0 Å². The highest BCUT2D eigenvalue weighted by Crippen LogP contribution is 2.29. The predicted molar refractivity (Wildman–Crippen MR) is 135 cm³/mol. The molecule has 1 saturated heterocycles. The Morgan fingerprint density at radius 2 is 1.85 bits per heavy atom. The molecule has 34 heavy (non-hydrogen) atoms. The van der Waals surface area contributed by atoms with E-state index in [1.54, 1.807) is 66.0 Å². The highest BCUT2D eigenvalue weighted by molar-refractivity contribution is 7.80. The lowest BCUT2D eigenvalue weighted by atomic mass is 10.1. The summed E-state index contributed by atoms with van der Waals surface area (Å²) < 4.78 is 5.17. The molecular formula is C23H19ClN4O4S2. The number of carbonyl (C=O) groups excluding carboxylic acids is 3. The van der Waals surface area contributed by atoms with Crippen LogP contribution in [0.3, 0.4) is 0 Å². The Morgan fingerprint density at radius 3 is 2.50 bits per heavy atom. The molecule has 1 aromatic heterocycles. The number of rotatable bonds is 7. The molecule has 1 unspecified atom stereocenters. The molecule has 8 nitrogen and oxygen atoms in total. The van der Waals surface area contributed by atoms with Gasteiger partial charge in [0.2, 0.25) is 11.0 Å². The van der Waals surface area contributed by atoms with Gasteiger partial charge >= 0.3 is 0 Å². The zero-order valence-corrected chi connectivity index (χ0v) is 20.2. The lowest BCUT2D eigenvalue weighted by Crippen LogP contribution is -2.49. The number of benzene rings is 2. The summed E-state index contributed by atoms with van der Waals surface area (Å²) in [5, 5.41) is 6.15. The van der Waals surface area contributed by atoms with Crippen LogP contribution in [-0.4, -0.2) is 41.0 Å². The van der Waals surface area contributed by atoms with E-state index in [1.165, 1.54) is 28.4 Å². The number of carbonyl (C=O) groups is 3. The Labute approximate surface area is 210 Å². The van der Waals surface area contributed by atoms with Gasteiger partial charge in [0.05, 0.1) is 34.8 Å². The molecule has 2 heterocycles. The van der Waals surface area contributed by atoms with Crippen molar-refractivity contribution in [2.45, 2.75) is 12.5 Å². The largest absolute Gasteiger partial charge is 0.497 e. The summed E-state index contributed by atoms with van der Waals surface area (Å²) in [4.78, 5) is 40.7. The summed E-state index contributed by atoms with van der Waals surface area (Å²) in [6.07, 6.45) is -0.262. The average molecular weight is 515 g/mol. The minimum Gasteiger partial charge on any atom is -0.497 e. The molecule has 11 heteroatoms. The van der Waals surface area contributed by atoms with Crippen molar-refractivity contribution in [3.63, 3.8) is 0 Å². The van der Waals surface area contributed by atoms with E-state index in [0.29, 0.717) is 27.0 Å². The van der Waals surface area contributed by atoms with Crippen molar-refractivity contribution in [1.82, 2.24) is 10.4 Å². The molecule has 0 aliphatic carbocycles. The van der Waals surface area contributed by atoms with Crippen molar-refractivity contribution in [2.75, 3.05) is 17.3 Å². The van der Waals surface area contributed by atoms with Crippen LogP contribution in [0.5, 0.6) is 5.75 Å². The first kappa shape index (κ1) is 23.7. The molecule has 1 fully saturated rings. The van der Waals surface area contributed by atoms with Gasteiger partial charge in [0.1, 0.15) is 11.8 Å². The fourth-order valence-electron chi connectivity index (χ4n) is 3.38. The SMILES string of the molecule is COc1ccc(N2C(=O)C(CC(=O)Nc3ccccc3Cl)N(NC(=O)c3cccs3)C2=S)cc1. The minimum absolute atomic E-state index is 0.0515. The van der Waals surface area contributed by atoms with Gasteiger partial charge in [-0.25, -0.2) is 5.01 Å². The molecule has 1 aliphatic rings. The fraction of sp³-hybridized carbons (Fsp3) is 0.130. The van der Waals surface area contributed by atoms with Crippen molar-refractivity contribution < 1.29 is 19.1 Å². The zero-order valence-electron chi connectivity index (χ0n) is 17.9. The van der Waals surface area contributed by atoms with Gasteiger partial charge in [-0.05, 0) is 60.1 Å². The van der Waals surface area contributed by atoms with Crippen LogP contribution >= 0.6 is 35.2 Å². The van der Waals surface area contributed by atoms with Gasteiger partial charge in [-0.3, -0.25) is 24.7 Å². The monoisotopic (exact) mass is 514 g/mol. The van der Waals surface area contributed by atoms with Crippen LogP contribution < -0.4 is 20.4 Å². The van der Waals surface area contributed by atoms with E-state index in [2.05, 4.69) is 10.7 Å². The van der Waals surface area contributed by atoms with Crippen LogP contribution in [-0.2, 0) is 9.59 Å². The number of thiocarbonyl (C=S) groups is 1. The molecular weight excluding hydrogens is 496 g/mol. The standard InChI is InChI=1S/C23H19ClN4O4S2/c1-32-15-10-8-14(9-11-15)27-22(31)18(13-20(29)25-17-6-3-2-5-16(17)24)28(23(27)33)26-21(30)19-7-4-12-34-19/h2-12,18H,13H2,1H3,(H,25,29)(H,26,30). The third-order valence-corrected chi connectivity index (χ3v) is 6.62. The van der Waals surface area contributed by atoms with Gasteiger partial charge in [0, 0.05) is 0 Å². The third kappa shape index (κ3) is 4.89. The van der Waals surface area contributed by atoms with E-state index >= 15 is 0 Å². The number of halogens is 1. The Kier molecular flexibility index (Phi) is 7.11. The zero-order chi connectivity index (χ0) is 24.2. The predicted octanol–water partition coefficient (Wildman–Crippen LogP) is 4.09. The maximum Gasteiger partial charge on any atom is 0.279 e. The Bertz CT molecular complexity index is 1230. The molecule has 1 atom stereocenters. The summed E-state index contributed by atoms with van der Waals surface area (Å²) in [5.41, 5.74) is 3.59. The molecule has 0 bridgehead atoms. The topological polar surface area (TPSA) is 91.0 Å². The van der Waals surface area contributed by atoms with Crippen LogP contribution in [0.15, 0.2) is 66.0 Å². The van der Waals surface area contributed by atoms with Gasteiger partial charge in [0.15, 0.2) is 0 Å². The van der Waals surface area contributed by atoms with Gasteiger partial charge in [-0.1, -0.05) is 29.8 Å². The molecule has 0 spiro atoms. The number of hydrogen-bond acceptors (Lipinski definition) is 6. The average Bonchev–Trinajstić information content (AvgIpc) is 3.44. The Balaban J connectivity index is 1.60. The minimum atomic E-state index is -1.05. The van der Waals surface area contributed by atoms with Crippen LogP contribution in [0.2, 0.25) is 5.02 Å². The highest BCUT2D eigenvalue weighted by atomic mass is 35.5. The highest BCUT2D eigenvalue weighted by Gasteiger charge is 2.45. The summed E-state index contributed by atoms with van der Waals surface area (Å²) in [6.45, 7) is 0. The van der Waals surface area contributed by atoms with Crippen molar-refractivity contribution in [3.05, 3.63) is 75.9 Å². The van der Waals surface area contributed by atoms with Crippen LogP contribution in [0.1, 0.15) is 16.1 Å². The maximum atomic E-state index is 13.4. The van der Waals surface area contributed by atoms with Crippen LogP contribution in [0.4, 0.5) is 11.4 Å². The van der Waals surface area contributed by atoms with Crippen molar-refractivity contribution in [1.29, 1.82) is 0 Å². The van der Waals surface area contributed by atoms with Gasteiger partial charge in [0.25, 0.3) is 11.8 Å². The second-order valence-corrected chi connectivity index (χ2v) is 8.91. The van der Waals surface area contributed by atoms with Crippen LogP contribution in [0.25, 0.3) is 0 Å². The number of nitrogens with one attached hydrogen (secondary N) is 2. The van der Waals surface area contributed by atoms with Crippen molar-refractivity contribution >= 4 is 69.4 Å². The second kappa shape index (κ2) is 10.2. The summed E-state index contributed by atoms with van der Waals surface area (Å²) >= 11 is 12.9. The molecule has 2 aromatic carbocycles. The number of ether oxygens (including phenoxy) is 1. The number of hydrazine groups is 1. The fourth-order valence-corrected chi connectivity index (χ4v) is 4.54. The number of amides is 3. The van der Waals surface area contributed by atoms with Gasteiger partial charge in [-0.15, -0.1) is 11.3 Å². The van der Waals surface area contributed by atoms with Crippen molar-refractivity contribution in [2.24, 2.45) is 0 Å². The Morgan fingerprint density at radius 1 is 1.12 bits per heavy atom. The van der Waals surface area contributed by atoms with E-state index in [-0.39, 0.29) is 11.5 Å². The van der Waals surface area contributed by atoms with E-state index in [9.17, 15) is 14.4 Å². The summed E-state index contributed by atoms with van der Waals surface area (Å²) in [7, 11) is 1.54. The van der Waals surface area contributed by atoms with E-state index < -0.39 is 23.8 Å². The lowest BCUT2D eigenvalue weighted by Gasteiger charge is -2.24. The molecule has 1 aliphatic heterocycles. The first-order valence-electron chi connectivity index (χ1n) is 10.1. The number of methoxy groups -OCH3 is 1. The molecule has 4 rings (SSSR count). The number of nitrogens with zero attached hydrogens (tertiary/aromatic N) is 2. The number of hydrogen-bond donors (Lipinski definition) is 2. The molecule has 3 amide bonds. The number of anilines is 2. The first-order valence-corrected chi connectivity index (χ1v) is 11.8. The number of para-hydroxylation sites is 1. The van der Waals surface area contributed by atoms with E-state index in [4.69, 9.17) is 28.6 Å². The smallest absolute Gasteiger partial charge is 0.279 e. The molecule has 2 N–H and O–H groups in total. The van der Waals surface area contributed by atoms with Crippen molar-refractivity contribution in [3.8, 4) is 5.75 Å². The Hall–Kier alpha value is -3.47. The first-order chi connectivity index (χ1) is 16.4. The number of thiophene rings is 1. The molecule has 0 radical (unpaired) electrons.